The van der Waals surface area contributed by atoms with E-state index in [0.29, 0.717) is 17.2 Å². The summed E-state index contributed by atoms with van der Waals surface area (Å²) in [5.74, 6) is -0.683. The molecule has 3 rings (SSSR count). The lowest BCUT2D eigenvalue weighted by Crippen LogP contribution is -2.33. The molecule has 2 aliphatic carbocycles. The van der Waals surface area contributed by atoms with Crippen LogP contribution in [0.3, 0.4) is 0 Å². The van der Waals surface area contributed by atoms with Crippen LogP contribution >= 0.6 is 0 Å². The second-order valence-electron chi connectivity index (χ2n) is 6.98. The van der Waals surface area contributed by atoms with Crippen molar-refractivity contribution in [1.82, 2.24) is 5.32 Å². The Kier molecular flexibility index (Phi) is 5.36. The first-order chi connectivity index (χ1) is 12.0. The van der Waals surface area contributed by atoms with E-state index in [1.807, 2.05) is 6.92 Å². The fourth-order valence-corrected chi connectivity index (χ4v) is 3.20. The lowest BCUT2D eigenvalue weighted by atomic mass is 10.1. The van der Waals surface area contributed by atoms with Gasteiger partial charge < -0.3 is 15.4 Å². The zero-order valence-electron chi connectivity index (χ0n) is 14.4. The lowest BCUT2D eigenvalue weighted by Gasteiger charge is -2.15. The highest BCUT2D eigenvalue weighted by Crippen LogP contribution is 2.38. The van der Waals surface area contributed by atoms with Gasteiger partial charge in [-0.15, -0.1) is 0 Å². The number of hydrogen-bond acceptors (Lipinski definition) is 4. The van der Waals surface area contributed by atoms with Crippen LogP contribution in [0.25, 0.3) is 0 Å². The molecular weight excluding hydrogens is 320 g/mol. The summed E-state index contributed by atoms with van der Waals surface area (Å²) in [4.78, 5) is 36.2. The molecule has 6 nitrogen and oxygen atoms in total. The van der Waals surface area contributed by atoms with Crippen molar-refractivity contribution in [3.05, 3.63) is 29.8 Å². The van der Waals surface area contributed by atoms with E-state index in [2.05, 4.69) is 10.6 Å². The molecule has 0 saturated heterocycles. The van der Waals surface area contributed by atoms with Gasteiger partial charge in [-0.3, -0.25) is 14.4 Å². The SMILES string of the molecule is C[C@H]1C[C@@H]1C(=O)OCC(=O)Nc1ccccc1C(=O)NC1CCCC1. The van der Waals surface area contributed by atoms with Crippen LogP contribution < -0.4 is 10.6 Å². The molecule has 0 aliphatic heterocycles. The van der Waals surface area contributed by atoms with Gasteiger partial charge in [-0.05, 0) is 37.3 Å². The fraction of sp³-hybridized carbons (Fsp3) is 0.526. The van der Waals surface area contributed by atoms with E-state index >= 15 is 0 Å². The van der Waals surface area contributed by atoms with Crippen molar-refractivity contribution in [2.75, 3.05) is 11.9 Å². The number of hydrogen-bond donors (Lipinski definition) is 2. The molecule has 0 bridgehead atoms. The lowest BCUT2D eigenvalue weighted by molar-refractivity contribution is -0.148. The Morgan fingerprint density at radius 1 is 1.16 bits per heavy atom. The van der Waals surface area contributed by atoms with Crippen molar-refractivity contribution in [2.24, 2.45) is 11.8 Å². The summed E-state index contributed by atoms with van der Waals surface area (Å²) in [6.45, 7) is 1.64. The number of carbonyl (C=O) groups is 3. The van der Waals surface area contributed by atoms with Gasteiger partial charge in [0.05, 0.1) is 17.2 Å². The minimum Gasteiger partial charge on any atom is -0.455 e. The van der Waals surface area contributed by atoms with Crippen LogP contribution in [0, 0.1) is 11.8 Å². The maximum absolute atomic E-state index is 12.5. The minimum atomic E-state index is -0.442. The third-order valence-electron chi connectivity index (χ3n) is 4.89. The van der Waals surface area contributed by atoms with Crippen molar-refractivity contribution in [3.8, 4) is 0 Å². The van der Waals surface area contributed by atoms with Crippen LogP contribution in [-0.2, 0) is 14.3 Å². The summed E-state index contributed by atoms with van der Waals surface area (Å²) in [6, 6.07) is 7.06. The monoisotopic (exact) mass is 344 g/mol. The van der Waals surface area contributed by atoms with Crippen molar-refractivity contribution < 1.29 is 19.1 Å². The zero-order chi connectivity index (χ0) is 17.8. The summed E-state index contributed by atoms with van der Waals surface area (Å²) in [6.07, 6.45) is 5.08. The Labute approximate surface area is 147 Å². The second kappa shape index (κ2) is 7.68. The highest BCUT2D eigenvalue weighted by atomic mass is 16.5. The molecule has 134 valence electrons. The Morgan fingerprint density at radius 3 is 2.52 bits per heavy atom. The van der Waals surface area contributed by atoms with E-state index in [9.17, 15) is 14.4 Å². The summed E-state index contributed by atoms with van der Waals surface area (Å²) in [5.41, 5.74) is 0.851. The number of ether oxygens (including phenoxy) is 1. The quantitative estimate of drug-likeness (QED) is 0.777. The van der Waals surface area contributed by atoms with E-state index in [-0.39, 0.29) is 30.4 Å². The number of anilines is 1. The smallest absolute Gasteiger partial charge is 0.309 e. The van der Waals surface area contributed by atoms with Crippen LogP contribution in [0.2, 0.25) is 0 Å². The van der Waals surface area contributed by atoms with Gasteiger partial charge in [0.25, 0.3) is 11.8 Å². The van der Waals surface area contributed by atoms with Gasteiger partial charge >= 0.3 is 5.97 Å². The third kappa shape index (κ3) is 4.59. The largest absolute Gasteiger partial charge is 0.455 e. The number of benzene rings is 1. The van der Waals surface area contributed by atoms with E-state index < -0.39 is 5.91 Å². The Balaban J connectivity index is 1.55. The van der Waals surface area contributed by atoms with Gasteiger partial charge in [-0.25, -0.2) is 0 Å². The molecule has 2 N–H and O–H groups in total. The van der Waals surface area contributed by atoms with Crippen molar-refractivity contribution >= 4 is 23.5 Å². The Hall–Kier alpha value is -2.37. The molecule has 0 aromatic heterocycles. The first-order valence-electron chi connectivity index (χ1n) is 8.91. The normalized spacial score (nSPS) is 22.3. The number of carbonyl (C=O) groups excluding carboxylic acids is 3. The average molecular weight is 344 g/mol. The molecule has 0 unspecified atom stereocenters. The van der Waals surface area contributed by atoms with Gasteiger partial charge in [0.15, 0.2) is 6.61 Å². The molecular formula is C19H24N2O4. The molecule has 25 heavy (non-hydrogen) atoms. The highest BCUT2D eigenvalue weighted by Gasteiger charge is 2.40. The molecule has 1 aromatic carbocycles. The maximum Gasteiger partial charge on any atom is 0.309 e. The van der Waals surface area contributed by atoms with Crippen LogP contribution in [0.4, 0.5) is 5.69 Å². The second-order valence-corrected chi connectivity index (χ2v) is 6.98. The van der Waals surface area contributed by atoms with Crippen molar-refractivity contribution in [1.29, 1.82) is 0 Å². The molecule has 2 atom stereocenters. The number of esters is 1. The van der Waals surface area contributed by atoms with Gasteiger partial charge in [-0.2, -0.15) is 0 Å². The molecule has 0 heterocycles. The van der Waals surface area contributed by atoms with Gasteiger partial charge in [0.2, 0.25) is 0 Å². The van der Waals surface area contributed by atoms with Gasteiger partial charge in [-0.1, -0.05) is 31.9 Å². The average Bonchev–Trinajstić information content (AvgIpc) is 3.11. The van der Waals surface area contributed by atoms with E-state index in [1.165, 1.54) is 0 Å². The minimum absolute atomic E-state index is 0.0720. The Morgan fingerprint density at radius 2 is 1.84 bits per heavy atom. The summed E-state index contributed by atoms with van der Waals surface area (Å²) in [5, 5.41) is 5.68. The molecule has 2 fully saturated rings. The molecule has 0 spiro atoms. The summed E-state index contributed by atoms with van der Waals surface area (Å²) < 4.78 is 5.03. The van der Waals surface area contributed by atoms with Gasteiger partial charge in [0, 0.05) is 6.04 Å². The molecule has 2 aliphatic rings. The van der Waals surface area contributed by atoms with Gasteiger partial charge in [0.1, 0.15) is 0 Å². The van der Waals surface area contributed by atoms with Crippen LogP contribution in [0.5, 0.6) is 0 Å². The first-order valence-corrected chi connectivity index (χ1v) is 8.91. The van der Waals surface area contributed by atoms with E-state index in [1.54, 1.807) is 24.3 Å². The third-order valence-corrected chi connectivity index (χ3v) is 4.89. The van der Waals surface area contributed by atoms with Crippen LogP contribution in [-0.4, -0.2) is 30.4 Å². The van der Waals surface area contributed by atoms with Crippen LogP contribution in [0.15, 0.2) is 24.3 Å². The van der Waals surface area contributed by atoms with Crippen LogP contribution in [0.1, 0.15) is 49.4 Å². The summed E-state index contributed by atoms with van der Waals surface area (Å²) in [7, 11) is 0. The summed E-state index contributed by atoms with van der Waals surface area (Å²) >= 11 is 0. The Bertz CT molecular complexity index is 667. The van der Waals surface area contributed by atoms with Crippen molar-refractivity contribution in [3.63, 3.8) is 0 Å². The standard InChI is InChI=1S/C19H24N2O4/c1-12-10-15(12)19(24)25-11-17(22)21-16-9-5-4-8-14(16)18(23)20-13-6-2-3-7-13/h4-5,8-9,12-13,15H,2-3,6-7,10-11H2,1H3,(H,20,23)(H,21,22)/t12-,15-/m0/s1. The highest BCUT2D eigenvalue weighted by molar-refractivity contribution is 6.04. The van der Waals surface area contributed by atoms with E-state index in [0.717, 1.165) is 32.1 Å². The first kappa shape index (κ1) is 17.5. The predicted molar refractivity (Wildman–Crippen MR) is 93.0 cm³/mol. The maximum atomic E-state index is 12.5. The predicted octanol–water partition coefficient (Wildman–Crippen LogP) is 2.50. The number of rotatable bonds is 6. The molecule has 0 radical (unpaired) electrons. The fourth-order valence-electron chi connectivity index (χ4n) is 3.20. The molecule has 1 aromatic rings. The van der Waals surface area contributed by atoms with Crippen molar-refractivity contribution in [2.45, 2.75) is 45.1 Å². The topological polar surface area (TPSA) is 84.5 Å². The number of nitrogens with one attached hydrogen (secondary N) is 2. The zero-order valence-corrected chi connectivity index (χ0v) is 14.4. The molecule has 2 amide bonds. The molecule has 2 saturated carbocycles. The molecule has 6 heteroatoms. The van der Waals surface area contributed by atoms with E-state index in [4.69, 9.17) is 4.74 Å². The number of para-hydroxylation sites is 1. The number of amides is 2.